The van der Waals surface area contributed by atoms with Gasteiger partial charge < -0.3 is 61.9 Å². The number of hydrogen-bond acceptors (Lipinski definition) is 14. The third kappa shape index (κ3) is 61.1. The summed E-state index contributed by atoms with van der Waals surface area (Å²) in [5, 5.41) is 33.5. The van der Waals surface area contributed by atoms with Crippen molar-refractivity contribution in [3.05, 3.63) is 90.0 Å². The molecular formula is C48H110O18Pt2Si13. The average molecular weight is 1730 g/mol. The largest absolute Gasteiger partial charge is 0.636 e. The van der Waals surface area contributed by atoms with Crippen molar-refractivity contribution < 1.29 is 123 Å². The van der Waals surface area contributed by atoms with Crippen LogP contribution < -0.4 is 0 Å². The van der Waals surface area contributed by atoms with Gasteiger partial charge in [-0.25, -0.2) is 9.59 Å². The van der Waals surface area contributed by atoms with Crippen molar-refractivity contribution in [2.24, 2.45) is 0 Å². The van der Waals surface area contributed by atoms with Crippen LogP contribution in [0, 0.1) is 0 Å². The normalized spacial score (nSPS) is 10.9. The predicted molar refractivity (Wildman–Crippen MR) is 363 cm³/mol. The van der Waals surface area contributed by atoms with Crippen molar-refractivity contribution in [3.8, 4) is 0 Å². The van der Waals surface area contributed by atoms with Crippen molar-refractivity contribution in [2.45, 2.75) is 177 Å². The van der Waals surface area contributed by atoms with Crippen molar-refractivity contribution in [2.75, 3.05) is 6.61 Å². The van der Waals surface area contributed by atoms with Gasteiger partial charge in [-0.3, -0.25) is 9.59 Å². The van der Waals surface area contributed by atoms with E-state index in [-0.39, 0.29) is 63.4 Å². The number of allylic oxidation sites excluding steroid dienone is 1. The Bertz CT molecular complexity index is 1760. The first-order valence-corrected chi connectivity index (χ1v) is 56.6. The minimum absolute atomic E-state index is 0. The third-order valence-electron chi connectivity index (χ3n) is 8.76. The van der Waals surface area contributed by atoms with Crippen LogP contribution in [0.1, 0.15) is 78.8 Å². The molecule has 0 aromatic heterocycles. The summed E-state index contributed by atoms with van der Waals surface area (Å²) in [6.45, 7) is 46.3. The zero-order valence-electron chi connectivity index (χ0n) is 51.1. The SMILES string of the molecule is C.C.C=CCCC(=O)O.C=Cc1ccc(C(=O)O)cc1.C[SiH](C)O[Si](O[SiH](C)C)(O[SiH](C)C)O[SiH](C)C.C[SiH](C)O[Si](O[SiH](C)C)(O[SiH](C)C)O[SiH](C)C.C[Si](C)(CCCCC(=O)O)O[SiH3].O=C(O)c1ccc(CCO[SiH3])cc1.[Pt].[Pt]. The van der Waals surface area contributed by atoms with E-state index in [9.17, 15) is 19.2 Å². The topological polar surface area (TPSA) is 241 Å². The first-order valence-electron chi connectivity index (χ1n) is 26.3. The second kappa shape index (κ2) is 56.1. The van der Waals surface area contributed by atoms with Crippen LogP contribution in [0.3, 0.4) is 0 Å². The molecule has 18 nitrogen and oxygen atoms in total. The molecule has 0 saturated carbocycles. The monoisotopic (exact) mass is 1730 g/mol. The van der Waals surface area contributed by atoms with Crippen LogP contribution in [0.5, 0.6) is 0 Å². The van der Waals surface area contributed by atoms with Gasteiger partial charge in [-0.2, -0.15) is 0 Å². The molecule has 0 spiro atoms. The predicted octanol–water partition coefficient (Wildman–Crippen LogP) is 8.14. The fourth-order valence-electron chi connectivity index (χ4n) is 5.59. The smallest absolute Gasteiger partial charge is 0.481 e. The standard InChI is InChI=1S/C9H12O3Si.C9H8O2.2C8H28O4Si5.C7H18O3Si2.C5H8O2.2CH4.2Pt/c10-9(11)8-3-1-7(2-4-8)5-6-12-13;1-2-7-3-5-8(6-4-7)9(10)11;2*1-13(2)9-17(10-14(3)4,11-15(5)6)12-16(7)8;1-12(2,10-11)6-4-3-5-7(8)9;1-2-3-4-5(6)7;;;;/h1-4H,5-6H2,13H3,(H,10,11);2-6H,1H2,(H,10,11);2*13-16H,1-8H3;3-6H2,1-2,11H3,(H,8,9);2H,1,3-4H2,(H,6,7);2*1H4;;. The number of aliphatic carboxylic acids is 2. The third-order valence-corrected chi connectivity index (χ3v) is 39.5. The van der Waals surface area contributed by atoms with Gasteiger partial charge in [-0.15, -0.1) is 6.58 Å². The fourth-order valence-corrected chi connectivity index (χ4v) is 34.9. The van der Waals surface area contributed by atoms with Crippen LogP contribution in [0.2, 0.25) is 124 Å². The summed E-state index contributed by atoms with van der Waals surface area (Å²) in [5.41, 5.74) is 2.67. The van der Waals surface area contributed by atoms with Crippen molar-refractivity contribution in [1.29, 1.82) is 0 Å². The molecule has 0 aliphatic rings. The Balaban J connectivity index is -0.000000132. The summed E-state index contributed by atoms with van der Waals surface area (Å²) in [6, 6.07) is 14.5. The number of benzene rings is 2. The van der Waals surface area contributed by atoms with Gasteiger partial charge in [-0.05, 0) is 179 Å². The molecule has 0 saturated heterocycles. The second-order valence-corrected chi connectivity index (χ2v) is 52.5. The molecule has 0 aliphatic carbocycles. The molecule has 2 aromatic rings. The number of unbranched alkanes of at least 4 members (excludes halogenated alkanes) is 1. The first kappa shape index (κ1) is 96.9. The summed E-state index contributed by atoms with van der Waals surface area (Å²) in [5.74, 6) is -3.24. The fraction of sp³-hybridized carbons (Fsp3) is 0.583. The minimum Gasteiger partial charge on any atom is -0.481 e. The van der Waals surface area contributed by atoms with E-state index in [1.807, 2.05) is 12.1 Å². The Labute approximate surface area is 542 Å². The summed E-state index contributed by atoms with van der Waals surface area (Å²) in [4.78, 5) is 40.8. The molecule has 2 aromatic carbocycles. The Kier molecular flexibility index (Phi) is 67.1. The summed E-state index contributed by atoms with van der Waals surface area (Å²) < 4.78 is 59.2. The summed E-state index contributed by atoms with van der Waals surface area (Å²) in [6.07, 6.45) is 6.96. The van der Waals surface area contributed by atoms with Crippen LogP contribution in [0.25, 0.3) is 6.08 Å². The molecule has 0 fully saturated rings. The molecule has 33 heteroatoms. The molecule has 482 valence electrons. The molecule has 0 bridgehead atoms. The van der Waals surface area contributed by atoms with Crippen LogP contribution in [-0.4, -0.2) is 171 Å². The molecule has 0 aliphatic heterocycles. The van der Waals surface area contributed by atoms with Gasteiger partial charge in [0.15, 0.2) is 80.6 Å². The average Bonchev–Trinajstić information content (AvgIpc) is 3.28. The maximum absolute atomic E-state index is 10.5. The number of carboxylic acids is 4. The van der Waals surface area contributed by atoms with Gasteiger partial charge in [0, 0.05) is 61.6 Å². The number of carboxylic acid groups (broad SMARTS) is 4. The Hall–Kier alpha value is -0.404. The van der Waals surface area contributed by atoms with E-state index in [4.69, 9.17) is 61.9 Å². The quantitative estimate of drug-likeness (QED) is 0.0316. The van der Waals surface area contributed by atoms with Gasteiger partial charge in [0.1, 0.15) is 21.0 Å². The first-order chi connectivity index (χ1) is 35.6. The molecule has 2 rings (SSSR count). The van der Waals surface area contributed by atoms with E-state index in [1.165, 1.54) is 0 Å². The van der Waals surface area contributed by atoms with Crippen LogP contribution in [0.15, 0.2) is 67.8 Å². The van der Waals surface area contributed by atoms with Crippen LogP contribution in [0.4, 0.5) is 0 Å². The number of aromatic carboxylic acids is 2. The number of rotatable bonds is 31. The van der Waals surface area contributed by atoms with E-state index >= 15 is 0 Å². The van der Waals surface area contributed by atoms with Gasteiger partial charge in [-0.1, -0.05) is 64.3 Å². The Morgan fingerprint density at radius 1 is 0.506 bits per heavy atom. The van der Waals surface area contributed by atoms with Crippen LogP contribution in [-0.2, 0) is 99.6 Å². The van der Waals surface area contributed by atoms with Crippen molar-refractivity contribution >= 4 is 150 Å². The number of carbonyl (C=O) groups is 4. The zero-order chi connectivity index (χ0) is 60.5. The Morgan fingerprint density at radius 3 is 1.01 bits per heavy atom. The molecule has 81 heavy (non-hydrogen) atoms. The summed E-state index contributed by atoms with van der Waals surface area (Å²) >= 11 is 0. The molecule has 0 amide bonds. The Morgan fingerprint density at radius 2 is 0.802 bits per heavy atom. The van der Waals surface area contributed by atoms with E-state index < -0.39 is 123 Å². The zero-order valence-corrected chi connectivity index (χ0v) is 71.9. The van der Waals surface area contributed by atoms with Crippen LogP contribution >= 0.6 is 0 Å². The van der Waals surface area contributed by atoms with Gasteiger partial charge in [0.2, 0.25) is 0 Å². The maximum Gasteiger partial charge on any atom is 0.636 e. The van der Waals surface area contributed by atoms with E-state index in [2.05, 4.69) is 131 Å². The van der Waals surface area contributed by atoms with E-state index in [1.54, 1.807) is 48.6 Å². The van der Waals surface area contributed by atoms with Gasteiger partial charge in [0.25, 0.3) is 0 Å². The molecule has 4 N–H and O–H groups in total. The second-order valence-electron chi connectivity index (χ2n) is 20.0. The van der Waals surface area contributed by atoms with Gasteiger partial charge in [0.05, 0.1) is 11.1 Å². The summed E-state index contributed by atoms with van der Waals surface area (Å²) in [7, 11) is -15.2. The minimum atomic E-state index is -2.80. The molecular weight excluding hydrogens is 1620 g/mol. The number of hydrogen-bond donors (Lipinski definition) is 4. The van der Waals surface area contributed by atoms with Crippen molar-refractivity contribution in [3.63, 3.8) is 0 Å². The maximum atomic E-state index is 10.5. The molecule has 0 heterocycles. The molecule has 0 radical (unpaired) electrons. The molecule has 0 unspecified atom stereocenters. The van der Waals surface area contributed by atoms with E-state index in [0.29, 0.717) is 24.0 Å². The van der Waals surface area contributed by atoms with Crippen molar-refractivity contribution in [1.82, 2.24) is 0 Å². The van der Waals surface area contributed by atoms with E-state index in [0.717, 1.165) is 64.0 Å². The molecule has 0 atom stereocenters. The van der Waals surface area contributed by atoms with Gasteiger partial charge >= 0.3 is 42.0 Å².